The highest BCUT2D eigenvalue weighted by atomic mass is 28.4. The smallest absolute Gasteiger partial charge is 0.410 e. The van der Waals surface area contributed by atoms with Crippen LogP contribution in [0.25, 0.3) is 0 Å². The van der Waals surface area contributed by atoms with Crippen molar-refractivity contribution in [1.29, 1.82) is 0 Å². The van der Waals surface area contributed by atoms with Gasteiger partial charge >= 0.3 is 6.09 Å². The Morgan fingerprint density at radius 2 is 1.61 bits per heavy atom. The number of carbonyl (C=O) groups excluding carboxylic acids is 1. The molecule has 0 aliphatic carbocycles. The quantitative estimate of drug-likeness (QED) is 0.467. The van der Waals surface area contributed by atoms with Gasteiger partial charge in [0.15, 0.2) is 8.32 Å². The van der Waals surface area contributed by atoms with Crippen LogP contribution in [0.5, 0.6) is 0 Å². The lowest BCUT2D eigenvalue weighted by Gasteiger charge is -2.43. The van der Waals surface area contributed by atoms with Gasteiger partial charge in [0.2, 0.25) is 0 Å². The van der Waals surface area contributed by atoms with Gasteiger partial charge in [0.1, 0.15) is 5.60 Å². The molecular weight excluding hydrogens is 366 g/mol. The average molecular weight is 408 g/mol. The molecule has 0 aliphatic heterocycles. The lowest BCUT2D eigenvalue weighted by atomic mass is 9.98. The van der Waals surface area contributed by atoms with Crippen molar-refractivity contribution < 1.29 is 14.0 Å². The summed E-state index contributed by atoms with van der Waals surface area (Å²) in [5.74, 6) is 0. The minimum atomic E-state index is -2.05. The van der Waals surface area contributed by atoms with Gasteiger partial charge < -0.3 is 14.1 Å². The highest BCUT2D eigenvalue weighted by Gasteiger charge is 2.42. The van der Waals surface area contributed by atoms with Crippen LogP contribution in [0.2, 0.25) is 18.1 Å². The molecule has 2 atom stereocenters. The molecule has 0 aliphatic rings. The Hall–Kier alpha value is -1.33. The highest BCUT2D eigenvalue weighted by molar-refractivity contribution is 6.74. The molecule has 1 aromatic rings. The number of hydrogen-bond acceptors (Lipinski definition) is 3. The zero-order chi connectivity index (χ0) is 21.8. The molecular formula is C23H41NO3Si. The van der Waals surface area contributed by atoms with E-state index < -0.39 is 13.9 Å². The third-order valence-corrected chi connectivity index (χ3v) is 9.92. The van der Waals surface area contributed by atoms with Crippen LogP contribution in [-0.4, -0.2) is 38.0 Å². The molecule has 0 saturated carbocycles. The molecule has 160 valence electrons. The van der Waals surface area contributed by atoms with Gasteiger partial charge in [-0.3, -0.25) is 0 Å². The summed E-state index contributed by atoms with van der Waals surface area (Å²) in [4.78, 5) is 14.6. The Balaban J connectivity index is 3.31. The predicted molar refractivity (Wildman–Crippen MR) is 120 cm³/mol. The first-order valence-electron chi connectivity index (χ1n) is 10.4. The van der Waals surface area contributed by atoms with Crippen molar-refractivity contribution in [3.8, 4) is 0 Å². The van der Waals surface area contributed by atoms with Gasteiger partial charge in [-0.1, -0.05) is 64.4 Å². The summed E-state index contributed by atoms with van der Waals surface area (Å²) in [7, 11) is -0.216. The van der Waals surface area contributed by atoms with Crippen LogP contribution >= 0.6 is 0 Å². The zero-order valence-corrected chi connectivity index (χ0v) is 20.6. The Labute approximate surface area is 173 Å². The Bertz CT molecular complexity index is 617. The molecule has 0 bridgehead atoms. The van der Waals surface area contributed by atoms with Crippen molar-refractivity contribution in [3.63, 3.8) is 0 Å². The van der Waals surface area contributed by atoms with Gasteiger partial charge in [-0.2, -0.15) is 0 Å². The molecule has 0 fully saturated rings. The lowest BCUT2D eigenvalue weighted by molar-refractivity contribution is 0.00220. The van der Waals surface area contributed by atoms with Crippen LogP contribution in [0, 0.1) is 0 Å². The molecule has 28 heavy (non-hydrogen) atoms. The first-order valence-corrected chi connectivity index (χ1v) is 13.3. The lowest BCUT2D eigenvalue weighted by Crippen LogP contribution is -2.49. The fourth-order valence-electron chi connectivity index (χ4n) is 2.82. The van der Waals surface area contributed by atoms with Gasteiger partial charge in [0, 0.05) is 7.05 Å². The molecule has 0 heterocycles. The highest BCUT2D eigenvalue weighted by Crippen LogP contribution is 2.41. The standard InChI is InChI=1S/C23H41NO3Si/c1-11-15-19(24(8)21(25)26-22(2,3)4)20(18-16-13-12-14-17-18)27-28(9,10)23(5,6)7/h12-14,16-17,19-20H,11,15H2,1-10H3/t19-,20-/m1/s1. The average Bonchev–Trinajstić information content (AvgIpc) is 2.55. The normalized spacial score (nSPS) is 15.1. The Morgan fingerprint density at radius 1 is 1.07 bits per heavy atom. The van der Waals surface area contributed by atoms with Gasteiger partial charge in [-0.15, -0.1) is 0 Å². The van der Waals surface area contributed by atoms with E-state index >= 15 is 0 Å². The minimum absolute atomic E-state index is 0.0846. The number of benzene rings is 1. The first-order chi connectivity index (χ1) is 12.7. The summed E-state index contributed by atoms with van der Waals surface area (Å²) >= 11 is 0. The molecule has 1 rings (SSSR count). The topological polar surface area (TPSA) is 38.8 Å². The van der Waals surface area contributed by atoms with E-state index in [1.54, 1.807) is 4.90 Å². The van der Waals surface area contributed by atoms with Crippen LogP contribution in [-0.2, 0) is 9.16 Å². The second-order valence-corrected chi connectivity index (χ2v) is 14.9. The number of ether oxygens (including phenoxy) is 1. The zero-order valence-electron chi connectivity index (χ0n) is 19.6. The van der Waals surface area contributed by atoms with E-state index in [2.05, 4.69) is 52.9 Å². The summed E-state index contributed by atoms with van der Waals surface area (Å²) in [6.07, 6.45) is 1.33. The van der Waals surface area contributed by atoms with Crippen molar-refractivity contribution in [2.75, 3.05) is 7.05 Å². The van der Waals surface area contributed by atoms with E-state index in [0.717, 1.165) is 18.4 Å². The number of nitrogens with zero attached hydrogens (tertiary/aromatic N) is 1. The van der Waals surface area contributed by atoms with Crippen LogP contribution in [0.15, 0.2) is 30.3 Å². The molecule has 0 N–H and O–H groups in total. The van der Waals surface area contributed by atoms with Crippen molar-refractivity contribution >= 4 is 14.4 Å². The first kappa shape index (κ1) is 24.7. The van der Waals surface area contributed by atoms with Crippen molar-refractivity contribution in [2.45, 2.75) is 97.2 Å². The fraction of sp³-hybridized carbons (Fsp3) is 0.696. The monoisotopic (exact) mass is 407 g/mol. The molecule has 1 amide bonds. The van der Waals surface area contributed by atoms with Crippen LogP contribution in [0.3, 0.4) is 0 Å². The van der Waals surface area contributed by atoms with E-state index in [-0.39, 0.29) is 23.3 Å². The number of amides is 1. The molecule has 0 saturated heterocycles. The van der Waals surface area contributed by atoms with E-state index in [1.807, 2.05) is 46.0 Å². The molecule has 0 aromatic heterocycles. The molecule has 1 aromatic carbocycles. The molecule has 0 radical (unpaired) electrons. The van der Waals surface area contributed by atoms with Crippen LogP contribution < -0.4 is 0 Å². The number of likely N-dealkylation sites (N-methyl/N-ethyl adjacent to an activating group) is 1. The van der Waals surface area contributed by atoms with Gasteiger partial charge in [-0.05, 0) is 50.9 Å². The SMILES string of the molecule is CCC[C@H]([C@H](O[Si](C)(C)C(C)(C)C)c1ccccc1)N(C)C(=O)OC(C)(C)C. The van der Waals surface area contributed by atoms with E-state index in [9.17, 15) is 4.79 Å². The van der Waals surface area contributed by atoms with Crippen molar-refractivity contribution in [1.82, 2.24) is 4.90 Å². The molecule has 0 spiro atoms. The Kier molecular flexibility index (Phi) is 8.33. The molecule has 5 heteroatoms. The number of carbonyl (C=O) groups is 1. The predicted octanol–water partition coefficient (Wildman–Crippen LogP) is 6.79. The third kappa shape index (κ3) is 6.93. The van der Waals surface area contributed by atoms with Crippen molar-refractivity contribution in [3.05, 3.63) is 35.9 Å². The summed E-state index contributed by atoms with van der Waals surface area (Å²) < 4.78 is 12.5. The van der Waals surface area contributed by atoms with Gasteiger partial charge in [0.25, 0.3) is 0 Å². The fourth-order valence-corrected chi connectivity index (χ4v) is 4.10. The number of rotatable bonds is 7. The minimum Gasteiger partial charge on any atom is -0.444 e. The third-order valence-electron chi connectivity index (χ3n) is 5.47. The summed E-state index contributed by atoms with van der Waals surface area (Å²) in [5, 5.41) is 0.0846. The maximum atomic E-state index is 12.8. The molecule has 0 unspecified atom stereocenters. The summed E-state index contributed by atoms with van der Waals surface area (Å²) in [6.45, 7) is 19.1. The van der Waals surface area contributed by atoms with E-state index in [0.29, 0.717) is 0 Å². The van der Waals surface area contributed by atoms with Crippen LogP contribution in [0.1, 0.15) is 73.0 Å². The summed E-state index contributed by atoms with van der Waals surface area (Å²) in [6, 6.07) is 10.2. The maximum Gasteiger partial charge on any atom is 0.410 e. The van der Waals surface area contributed by atoms with Crippen molar-refractivity contribution in [2.24, 2.45) is 0 Å². The van der Waals surface area contributed by atoms with Gasteiger partial charge in [-0.25, -0.2) is 4.79 Å². The van der Waals surface area contributed by atoms with E-state index in [4.69, 9.17) is 9.16 Å². The molecule has 4 nitrogen and oxygen atoms in total. The largest absolute Gasteiger partial charge is 0.444 e. The maximum absolute atomic E-state index is 12.8. The Morgan fingerprint density at radius 3 is 2.04 bits per heavy atom. The van der Waals surface area contributed by atoms with E-state index in [1.165, 1.54) is 0 Å². The van der Waals surface area contributed by atoms with Crippen LogP contribution in [0.4, 0.5) is 4.79 Å². The number of hydrogen-bond donors (Lipinski definition) is 0. The second-order valence-electron chi connectivity index (χ2n) is 10.2. The summed E-state index contributed by atoms with van der Waals surface area (Å²) in [5.41, 5.74) is 0.589. The second kappa shape index (κ2) is 9.44. The van der Waals surface area contributed by atoms with Gasteiger partial charge in [0.05, 0.1) is 12.1 Å².